The first-order chi connectivity index (χ1) is 71.2. The molecule has 12 aromatic carbocycles. The summed E-state index contributed by atoms with van der Waals surface area (Å²) < 4.78 is 97.5. The Bertz CT molecular complexity index is 8340. The number of nitrogens with one attached hydrogen (secondary N) is 6. The SMILES string of the molecule is CC(=O)Nc1cc(N=Nc2snc3c(Cl)cc(Cl)cc23)cc(NC(C)=O)c1OC(C(=O)N1CCc2ccccc21)c1ccccc1C.CNc1cccc(C(=O)C(C#N)Oc2c(C(N)=O)cc(N=Nc3snc4ccc(S(=O)(=O)Nc5cccc(S(N)(=O)=O)c5)cc34)c3ccccc23)c1.Cc1nc2nsc(N=Nc3cc(C(=O)N4CCOCC4)c(OC(C)c4ccccc4)c4ccccc34)c2cc1C#N.N=C=O.N=C=O.[C-]#[O+]. The number of Topliss-reactive ketones (excluding diaryl/α,β-unsaturated/α-hetero) is 1. The van der Waals surface area contributed by atoms with Crippen LogP contribution in [-0.4, -0.2) is 133 Å². The molecule has 4 aromatic heterocycles. The summed E-state index contributed by atoms with van der Waals surface area (Å²) in [5.41, 5.74) is 15.1. The number of isocyanates is 2. The van der Waals surface area contributed by atoms with E-state index in [-0.39, 0.29) is 83.8 Å². The number of primary sulfonamides is 1. The van der Waals surface area contributed by atoms with Gasteiger partial charge in [0.15, 0.2) is 26.4 Å². The monoisotopic (exact) mass is 2120 g/mol. The third-order valence-electron chi connectivity index (χ3n) is 22.3. The van der Waals surface area contributed by atoms with Crippen LogP contribution in [0.5, 0.6) is 17.2 Å². The number of nitrogens with two attached hydrogens (primary N) is 2. The average Bonchev–Trinajstić information content (AvgIpc) is 1.08. The number of carbonyl (C=O) groups excluding carboxylic acids is 8. The number of fused-ring (bicyclic) bond motifs is 6. The number of ether oxygens (including phenoxy) is 4. The first-order valence-electron chi connectivity index (χ1n) is 44.0. The number of hydrogen-bond acceptors (Lipinski definition) is 34. The zero-order valence-electron chi connectivity index (χ0n) is 78.6. The van der Waals surface area contributed by atoms with E-state index in [0.717, 1.165) is 86.0 Å². The van der Waals surface area contributed by atoms with Crippen LogP contribution in [0.15, 0.2) is 277 Å². The van der Waals surface area contributed by atoms with E-state index in [9.17, 15) is 56.1 Å². The van der Waals surface area contributed by atoms with Gasteiger partial charge in [-0.25, -0.2) is 47.4 Å². The van der Waals surface area contributed by atoms with E-state index in [4.69, 9.17) is 78.1 Å². The maximum absolute atomic E-state index is 14.4. The molecule has 2 aliphatic rings. The Labute approximate surface area is 866 Å². The molecule has 1 saturated heterocycles. The van der Waals surface area contributed by atoms with E-state index in [2.05, 4.69) is 82.2 Å². The van der Waals surface area contributed by atoms with Gasteiger partial charge in [0.2, 0.25) is 52.0 Å². The standard InChI is InChI=1S/C34H28Cl2N6O4S.C34H26N8O7S3.C31H26N6O3S.2CHNO.CO/c1-18-8-4-6-10-24(18)31(34(45)42-13-12-21-9-5-7-11-29(21)42)46-32-27(37-19(2)43)16-23(17-28(32)38-20(3)44)39-40-33-25-14-22(35)15-26(36)30(25)41-47-33;1-38-20-7-4-6-19(14-20)31(43)30(18-35)49-32-25-11-3-2-10-24(25)29(17-27(32)33(36)44)39-40-34-26-16-23(12-13-28(26)41-50-34)52(47,48)42-21-8-5-9-22(15-21)51(37,45)46;1-19-22(18-32)16-26-29(33-19)36-41-30(26)35-34-27-17-25(31(38)37-12-14-39-15-13-37)28(24-11-7-6-10-23(24)27)40-20(2)21-8-4-3-5-9-21;2*2-1-3;1-2/h4-11,14-17,31H,12-13H2,1-3H3,(H,37,43)(H,38,44);2-17,30,38,42H,1H3,(H2,36,44)(H2,37,45,46);3-11,16-17,20H,12-15H2,1-2H3;2*2H;. The second-order valence-corrected chi connectivity index (χ2v) is 38.2. The number of pyridine rings is 1. The Hall–Kier alpha value is -17.3. The third-order valence-corrected chi connectivity index (χ3v) is 27.3. The number of halogens is 2. The summed E-state index contributed by atoms with van der Waals surface area (Å²) in [7, 11) is -6.60. The summed E-state index contributed by atoms with van der Waals surface area (Å²) in [6, 6.07) is 70.4. The fourth-order valence-electron chi connectivity index (χ4n) is 15.5. The zero-order chi connectivity index (χ0) is 106. The Morgan fingerprint density at radius 1 is 0.588 bits per heavy atom. The zero-order valence-corrected chi connectivity index (χ0v) is 84.2. The fraction of sp³-hybridized carbons (Fsp3) is 0.147. The molecule has 0 saturated carbocycles. The molecule has 0 aliphatic carbocycles. The summed E-state index contributed by atoms with van der Waals surface area (Å²) in [5.74, 6) is -2.28. The van der Waals surface area contributed by atoms with Gasteiger partial charge in [-0.15, -0.1) is 30.7 Å². The van der Waals surface area contributed by atoms with Crippen molar-refractivity contribution in [3.63, 3.8) is 0 Å². The number of primary amides is 1. The number of aryl methyl sites for hydroxylation is 2. The number of ketones is 1. The van der Waals surface area contributed by atoms with Crippen LogP contribution >= 0.6 is 57.8 Å². The molecular weight excluding hydrogens is 2040 g/mol. The molecule has 10 N–H and O–H groups in total. The first kappa shape index (κ1) is 108. The van der Waals surface area contributed by atoms with Crippen molar-refractivity contribution in [2.24, 2.45) is 41.6 Å². The van der Waals surface area contributed by atoms with Gasteiger partial charge in [0.25, 0.3) is 27.7 Å². The predicted octanol–water partition coefficient (Wildman–Crippen LogP) is 21.4. The number of rotatable bonds is 26. The number of nitrogens with zero attached hydrogens (tertiary/aromatic N) is 14. The molecule has 746 valence electrons. The number of hydrogen-bond donors (Lipinski definition) is 8. The molecular formula is C102H82Cl2N22O17S5. The number of carbonyl (C=O) groups is 6. The number of amides is 5. The Morgan fingerprint density at radius 3 is 1.79 bits per heavy atom. The first-order valence-corrected chi connectivity index (χ1v) is 50.1. The number of para-hydroxylation sites is 1. The number of aromatic nitrogens is 4. The van der Waals surface area contributed by atoms with Gasteiger partial charge in [-0.1, -0.05) is 163 Å². The average molecular weight is 2120 g/mol. The minimum atomic E-state index is -4.21. The van der Waals surface area contributed by atoms with Gasteiger partial charge in [-0.2, -0.15) is 23.6 Å². The second kappa shape index (κ2) is 49.3. The van der Waals surface area contributed by atoms with Crippen molar-refractivity contribution >= 4 is 240 Å². The topological polar surface area (TPSA) is 589 Å². The number of azo groups is 3. The molecule has 18 rings (SSSR count). The summed E-state index contributed by atoms with van der Waals surface area (Å²) in [4.78, 5) is 103. The van der Waals surface area contributed by atoms with E-state index in [1.165, 1.54) is 56.3 Å². The minimum absolute atomic E-state index is 0.0204. The van der Waals surface area contributed by atoms with Crippen molar-refractivity contribution in [3.05, 3.63) is 303 Å². The summed E-state index contributed by atoms with van der Waals surface area (Å²) in [6.07, 6.45) is -0.823. The van der Waals surface area contributed by atoms with Gasteiger partial charge in [0.05, 0.1) is 95.4 Å². The quantitative estimate of drug-likeness (QED) is 0.00623. The van der Waals surface area contributed by atoms with Crippen LogP contribution in [-0.2, 0) is 59.8 Å². The van der Waals surface area contributed by atoms with E-state index in [0.29, 0.717) is 142 Å². The molecule has 6 heterocycles. The van der Waals surface area contributed by atoms with E-state index >= 15 is 0 Å². The number of anilines is 5. The van der Waals surface area contributed by atoms with E-state index < -0.39 is 55.8 Å². The van der Waals surface area contributed by atoms with Crippen LogP contribution in [0.2, 0.25) is 10.0 Å². The number of morpholine rings is 1. The Kier molecular flexibility index (Phi) is 36.0. The summed E-state index contributed by atoms with van der Waals surface area (Å²) >= 11 is 15.7. The van der Waals surface area contributed by atoms with Crippen LogP contribution in [0.3, 0.4) is 0 Å². The van der Waals surface area contributed by atoms with Crippen LogP contribution in [0.1, 0.15) is 97.6 Å². The van der Waals surface area contributed by atoms with Gasteiger partial charge >= 0.3 is 11.3 Å². The van der Waals surface area contributed by atoms with Gasteiger partial charge in [0, 0.05) is 100 Å². The molecule has 0 bridgehead atoms. The second-order valence-electron chi connectivity index (χ2n) is 31.9. The summed E-state index contributed by atoms with van der Waals surface area (Å²) in [6.45, 7) is 15.3. The fourth-order valence-corrected chi connectivity index (χ4v) is 19.7. The Balaban J connectivity index is 0.000000180. The maximum atomic E-state index is 14.4. The van der Waals surface area contributed by atoms with Crippen molar-refractivity contribution in [1.29, 1.82) is 21.3 Å². The summed E-state index contributed by atoms with van der Waals surface area (Å²) in [5, 5.41) is 76.4. The normalized spacial score (nSPS) is 12.6. The van der Waals surface area contributed by atoms with Crippen LogP contribution in [0.4, 0.5) is 60.5 Å². The third kappa shape index (κ3) is 25.7. The Morgan fingerprint density at radius 2 is 1.16 bits per heavy atom. The van der Waals surface area contributed by atoms with Crippen molar-refractivity contribution in [1.82, 2.24) is 23.0 Å². The van der Waals surface area contributed by atoms with Crippen LogP contribution < -0.4 is 50.7 Å². The molecule has 1 fully saturated rings. The molecule has 3 atom stereocenters. The van der Waals surface area contributed by atoms with Crippen molar-refractivity contribution < 1.29 is 78.8 Å². The number of sulfonamides is 2. The van der Waals surface area contributed by atoms with E-state index in [1.807, 2.05) is 123 Å². The van der Waals surface area contributed by atoms with Crippen LogP contribution in [0, 0.1) is 54.0 Å². The molecule has 16 aromatic rings. The molecule has 5 amide bonds. The molecule has 0 radical (unpaired) electrons. The van der Waals surface area contributed by atoms with Gasteiger partial charge in [-0.05, 0) is 176 Å². The number of nitriles is 2. The molecule has 39 nitrogen and oxygen atoms in total. The van der Waals surface area contributed by atoms with Crippen molar-refractivity contribution in [2.75, 3.05) is 65.5 Å². The predicted molar refractivity (Wildman–Crippen MR) is 559 cm³/mol. The molecule has 46 heteroatoms. The van der Waals surface area contributed by atoms with E-state index in [1.54, 1.807) is 109 Å². The molecule has 2 aliphatic heterocycles. The molecule has 3 unspecified atom stereocenters. The van der Waals surface area contributed by atoms with Gasteiger partial charge in [-0.3, -0.25) is 33.5 Å². The van der Waals surface area contributed by atoms with Crippen molar-refractivity contribution in [3.8, 4) is 29.4 Å². The van der Waals surface area contributed by atoms with Crippen molar-refractivity contribution in [2.45, 2.75) is 69.1 Å². The molecule has 148 heavy (non-hydrogen) atoms. The van der Waals surface area contributed by atoms with Crippen LogP contribution in [0.25, 0.3) is 54.4 Å². The van der Waals surface area contributed by atoms with Gasteiger partial charge in [0.1, 0.15) is 35.3 Å². The number of benzene rings is 12. The molecule has 0 spiro atoms. The van der Waals surface area contributed by atoms with Gasteiger partial charge < -0.3 is 50.4 Å².